The number of aliphatic hydroxyl groups excluding tert-OH is 1. The normalized spacial score (nSPS) is 25.9. The summed E-state index contributed by atoms with van der Waals surface area (Å²) in [4.78, 5) is 0. The minimum absolute atomic E-state index is 0. The van der Waals surface area contributed by atoms with Crippen molar-refractivity contribution >= 4 is 12.4 Å². The van der Waals surface area contributed by atoms with Gasteiger partial charge in [-0.1, -0.05) is 41.5 Å². The van der Waals surface area contributed by atoms with E-state index in [4.69, 9.17) is 4.74 Å². The summed E-state index contributed by atoms with van der Waals surface area (Å²) in [7, 11) is 0. The lowest BCUT2D eigenvalue weighted by molar-refractivity contribution is -0.0456. The van der Waals surface area contributed by atoms with Gasteiger partial charge in [0.2, 0.25) is 0 Å². The Morgan fingerprint density at radius 2 is 1.50 bits per heavy atom. The zero-order chi connectivity index (χ0) is 14.7. The van der Waals surface area contributed by atoms with Crippen LogP contribution in [0.15, 0.2) is 0 Å². The molecule has 0 spiro atoms. The summed E-state index contributed by atoms with van der Waals surface area (Å²) in [5, 5.41) is 9.97. The van der Waals surface area contributed by atoms with Gasteiger partial charge in [0.15, 0.2) is 0 Å². The van der Waals surface area contributed by atoms with Crippen LogP contribution in [0.2, 0.25) is 0 Å². The molecule has 0 aromatic heterocycles. The summed E-state index contributed by atoms with van der Waals surface area (Å²) >= 11 is 0. The molecule has 20 heavy (non-hydrogen) atoms. The highest BCUT2D eigenvalue weighted by Crippen LogP contribution is 2.38. The van der Waals surface area contributed by atoms with Gasteiger partial charge in [-0.25, -0.2) is 0 Å². The van der Waals surface area contributed by atoms with Gasteiger partial charge in [0.05, 0.1) is 18.8 Å². The molecule has 0 heterocycles. The van der Waals surface area contributed by atoms with Crippen LogP contribution in [0.5, 0.6) is 0 Å². The highest BCUT2D eigenvalue weighted by molar-refractivity contribution is 5.85. The van der Waals surface area contributed by atoms with Gasteiger partial charge in [0, 0.05) is 0 Å². The van der Waals surface area contributed by atoms with Crippen LogP contribution in [-0.2, 0) is 4.74 Å². The smallest absolute Gasteiger partial charge is 0.0778 e. The van der Waals surface area contributed by atoms with Crippen LogP contribution in [0.3, 0.4) is 0 Å². The first-order valence-corrected chi connectivity index (χ1v) is 7.87. The van der Waals surface area contributed by atoms with Crippen molar-refractivity contribution < 1.29 is 9.84 Å². The molecule has 2 nitrogen and oxygen atoms in total. The van der Waals surface area contributed by atoms with E-state index in [1.807, 2.05) is 0 Å². The summed E-state index contributed by atoms with van der Waals surface area (Å²) in [6, 6.07) is 0. The SMILES string of the molecule is CC(C)(C)CC(O)COC1CCC(C(C)(C)C)CC1.Cl. The molecule has 1 N–H and O–H groups in total. The van der Waals surface area contributed by atoms with Crippen molar-refractivity contribution in [2.45, 2.75) is 85.9 Å². The van der Waals surface area contributed by atoms with Crippen molar-refractivity contribution in [1.29, 1.82) is 0 Å². The van der Waals surface area contributed by atoms with E-state index in [0.717, 1.165) is 25.2 Å². The molecule has 0 aromatic rings. The Balaban J connectivity index is 0.00000361. The van der Waals surface area contributed by atoms with Gasteiger partial charge in [0.25, 0.3) is 0 Å². The molecule has 1 atom stereocenters. The molecule has 1 aliphatic carbocycles. The Bertz CT molecular complexity index is 257. The quantitative estimate of drug-likeness (QED) is 0.806. The maximum Gasteiger partial charge on any atom is 0.0778 e. The number of rotatable bonds is 4. The number of hydrogen-bond donors (Lipinski definition) is 1. The molecule has 0 bridgehead atoms. The van der Waals surface area contributed by atoms with E-state index in [9.17, 15) is 5.11 Å². The fraction of sp³-hybridized carbons (Fsp3) is 1.00. The third-order valence-corrected chi connectivity index (χ3v) is 4.27. The monoisotopic (exact) mass is 306 g/mol. The third kappa shape index (κ3) is 7.85. The Morgan fingerprint density at radius 3 is 1.90 bits per heavy atom. The van der Waals surface area contributed by atoms with E-state index in [-0.39, 0.29) is 23.9 Å². The second-order valence-electron chi connectivity index (χ2n) is 8.59. The molecule has 1 rings (SSSR count). The van der Waals surface area contributed by atoms with Crippen LogP contribution in [0.4, 0.5) is 0 Å². The van der Waals surface area contributed by atoms with Gasteiger partial charge < -0.3 is 9.84 Å². The van der Waals surface area contributed by atoms with Gasteiger partial charge in [-0.05, 0) is 48.9 Å². The molecular formula is C17H35ClO2. The van der Waals surface area contributed by atoms with E-state index in [2.05, 4.69) is 41.5 Å². The Kier molecular flexibility index (Phi) is 8.09. The van der Waals surface area contributed by atoms with Crippen molar-refractivity contribution in [3.8, 4) is 0 Å². The predicted molar refractivity (Wildman–Crippen MR) is 88.5 cm³/mol. The second kappa shape index (κ2) is 8.00. The van der Waals surface area contributed by atoms with Crippen LogP contribution in [-0.4, -0.2) is 23.9 Å². The molecule has 0 radical (unpaired) electrons. The third-order valence-electron chi connectivity index (χ3n) is 4.27. The first-order chi connectivity index (χ1) is 8.58. The molecule has 0 aliphatic heterocycles. The Hall–Kier alpha value is 0.210. The standard InChI is InChI=1S/C17H34O2.ClH/c1-16(2,3)11-14(18)12-19-15-9-7-13(8-10-15)17(4,5)6;/h13-15,18H,7-12H2,1-6H3;1H. The fourth-order valence-corrected chi connectivity index (χ4v) is 3.11. The summed E-state index contributed by atoms with van der Waals surface area (Å²) in [6.45, 7) is 14.0. The second-order valence-corrected chi connectivity index (χ2v) is 8.59. The Morgan fingerprint density at radius 1 is 1.00 bits per heavy atom. The lowest BCUT2D eigenvalue weighted by Gasteiger charge is -2.37. The zero-order valence-corrected chi connectivity index (χ0v) is 15.1. The van der Waals surface area contributed by atoms with Crippen LogP contribution < -0.4 is 0 Å². The molecular weight excluding hydrogens is 272 g/mol. The van der Waals surface area contributed by atoms with Gasteiger partial charge in [-0.3, -0.25) is 0 Å². The van der Waals surface area contributed by atoms with Crippen molar-refractivity contribution in [2.24, 2.45) is 16.7 Å². The number of hydrogen-bond acceptors (Lipinski definition) is 2. The predicted octanol–water partition coefficient (Wildman–Crippen LogP) is 4.83. The van der Waals surface area contributed by atoms with E-state index >= 15 is 0 Å². The molecule has 0 amide bonds. The maximum atomic E-state index is 9.97. The maximum absolute atomic E-state index is 9.97. The number of halogens is 1. The first kappa shape index (κ1) is 20.2. The molecule has 1 saturated carbocycles. The van der Waals surface area contributed by atoms with E-state index < -0.39 is 0 Å². The zero-order valence-electron chi connectivity index (χ0n) is 14.2. The van der Waals surface area contributed by atoms with Gasteiger partial charge in [-0.2, -0.15) is 0 Å². The lowest BCUT2D eigenvalue weighted by atomic mass is 9.72. The van der Waals surface area contributed by atoms with Crippen molar-refractivity contribution in [3.05, 3.63) is 0 Å². The fourth-order valence-electron chi connectivity index (χ4n) is 3.11. The molecule has 1 unspecified atom stereocenters. The van der Waals surface area contributed by atoms with Crippen molar-refractivity contribution in [3.63, 3.8) is 0 Å². The van der Waals surface area contributed by atoms with Gasteiger partial charge in [-0.15, -0.1) is 12.4 Å². The molecule has 3 heteroatoms. The summed E-state index contributed by atoms with van der Waals surface area (Å²) in [5.74, 6) is 0.826. The summed E-state index contributed by atoms with van der Waals surface area (Å²) in [6.07, 6.45) is 5.71. The minimum Gasteiger partial charge on any atom is -0.391 e. The molecule has 1 fully saturated rings. The van der Waals surface area contributed by atoms with Gasteiger partial charge in [0.1, 0.15) is 0 Å². The topological polar surface area (TPSA) is 29.5 Å². The molecule has 0 saturated heterocycles. The van der Waals surface area contributed by atoms with Crippen LogP contribution in [0.25, 0.3) is 0 Å². The van der Waals surface area contributed by atoms with Crippen LogP contribution in [0.1, 0.15) is 73.6 Å². The van der Waals surface area contributed by atoms with E-state index in [1.54, 1.807) is 0 Å². The summed E-state index contributed by atoms with van der Waals surface area (Å²) < 4.78 is 5.90. The Labute approximate surface area is 132 Å². The van der Waals surface area contributed by atoms with Crippen molar-refractivity contribution in [2.75, 3.05) is 6.61 Å². The van der Waals surface area contributed by atoms with E-state index in [1.165, 1.54) is 12.8 Å². The largest absolute Gasteiger partial charge is 0.391 e. The molecule has 0 aromatic carbocycles. The highest BCUT2D eigenvalue weighted by Gasteiger charge is 2.30. The molecule has 1 aliphatic rings. The summed E-state index contributed by atoms with van der Waals surface area (Å²) in [5.41, 5.74) is 0.601. The number of ether oxygens (including phenoxy) is 1. The van der Waals surface area contributed by atoms with Gasteiger partial charge >= 0.3 is 0 Å². The molecule has 122 valence electrons. The lowest BCUT2D eigenvalue weighted by Crippen LogP contribution is -2.31. The minimum atomic E-state index is -0.319. The average Bonchev–Trinajstić information content (AvgIpc) is 2.23. The van der Waals surface area contributed by atoms with Crippen molar-refractivity contribution in [1.82, 2.24) is 0 Å². The average molecular weight is 307 g/mol. The van der Waals surface area contributed by atoms with Crippen LogP contribution in [0, 0.1) is 16.7 Å². The highest BCUT2D eigenvalue weighted by atomic mass is 35.5. The number of aliphatic hydroxyl groups is 1. The van der Waals surface area contributed by atoms with E-state index in [0.29, 0.717) is 18.1 Å². The first-order valence-electron chi connectivity index (χ1n) is 7.87. The van der Waals surface area contributed by atoms with Crippen LogP contribution >= 0.6 is 12.4 Å².